The van der Waals surface area contributed by atoms with Gasteiger partial charge in [-0.3, -0.25) is 9.35 Å². The van der Waals surface area contributed by atoms with Crippen LogP contribution in [0.1, 0.15) is 213 Å². The first kappa shape index (κ1) is 52.3. The van der Waals surface area contributed by atoms with Crippen molar-refractivity contribution in [2.75, 3.05) is 5.75 Å². The van der Waals surface area contributed by atoms with Crippen LogP contribution >= 0.6 is 0 Å². The van der Waals surface area contributed by atoms with Gasteiger partial charge >= 0.3 is 0 Å². The lowest BCUT2D eigenvalue weighted by atomic mass is 10.0. The van der Waals surface area contributed by atoms with E-state index in [0.29, 0.717) is 12.8 Å². The zero-order valence-electron chi connectivity index (χ0n) is 35.0. The SMILES string of the molecule is CCCCCCCC/C=C/CC/C=C/CC/C=C/C(O)C(CS(=O)(=O)O)NC(=O)C(O)CCCCCCCC/C=C\CCCCCCCCCCCCC. The van der Waals surface area contributed by atoms with Crippen LogP contribution in [0, 0.1) is 0 Å². The lowest BCUT2D eigenvalue weighted by Gasteiger charge is -2.22. The lowest BCUT2D eigenvalue weighted by molar-refractivity contribution is -0.130. The highest BCUT2D eigenvalue weighted by molar-refractivity contribution is 7.85. The van der Waals surface area contributed by atoms with Crippen LogP contribution < -0.4 is 5.32 Å². The number of rotatable bonds is 40. The van der Waals surface area contributed by atoms with Crippen molar-refractivity contribution in [3.8, 4) is 0 Å². The van der Waals surface area contributed by atoms with Crippen molar-refractivity contribution in [2.45, 2.75) is 231 Å². The molecule has 0 saturated heterocycles. The maximum absolute atomic E-state index is 12.6. The molecule has 54 heavy (non-hydrogen) atoms. The minimum atomic E-state index is -4.46. The molecule has 0 aromatic rings. The average molecular weight is 780 g/mol. The minimum Gasteiger partial charge on any atom is -0.387 e. The molecule has 0 aromatic carbocycles. The number of aliphatic hydroxyl groups excluding tert-OH is 2. The molecule has 316 valence electrons. The lowest BCUT2D eigenvalue weighted by Crippen LogP contribution is -2.50. The van der Waals surface area contributed by atoms with Gasteiger partial charge in [0.2, 0.25) is 5.91 Å². The highest BCUT2D eigenvalue weighted by atomic mass is 32.2. The molecule has 0 aromatic heterocycles. The van der Waals surface area contributed by atoms with Crippen molar-refractivity contribution in [3.63, 3.8) is 0 Å². The Labute approximate surface area is 333 Å². The molecule has 3 unspecified atom stereocenters. The van der Waals surface area contributed by atoms with Gasteiger partial charge in [-0.2, -0.15) is 8.42 Å². The number of allylic oxidation sites excluding steroid dienone is 7. The summed E-state index contributed by atoms with van der Waals surface area (Å²) in [6.07, 6.45) is 50.3. The second-order valence-electron chi connectivity index (χ2n) is 15.4. The third kappa shape index (κ3) is 38.5. The predicted octanol–water partition coefficient (Wildman–Crippen LogP) is 12.4. The monoisotopic (exact) mass is 780 g/mol. The number of hydrogen-bond donors (Lipinski definition) is 4. The molecule has 0 fully saturated rings. The summed E-state index contributed by atoms with van der Waals surface area (Å²) in [7, 11) is -4.46. The molecule has 0 aliphatic carbocycles. The van der Waals surface area contributed by atoms with E-state index in [4.69, 9.17) is 0 Å². The first-order valence-corrected chi connectivity index (χ1v) is 24.1. The van der Waals surface area contributed by atoms with Crippen molar-refractivity contribution in [1.29, 1.82) is 0 Å². The predicted molar refractivity (Wildman–Crippen MR) is 231 cm³/mol. The standard InChI is InChI=1S/C46H85NO6S/c1-3-5-7-9-11-13-15-17-19-21-22-23-24-25-27-29-31-33-35-37-39-41-45(49)46(50)47-43(42-54(51,52)53)44(48)40-38-36-34-32-30-28-26-20-18-16-14-12-10-8-6-4-2/h18,20,24-25,30,32,38,40,43-45,48-49H,3-17,19,21-23,26-29,31,33-37,39,41-42H2,1-2H3,(H,47,50)(H,51,52,53)/b20-18+,25-24-,32-30+,40-38+. The number of aliphatic hydroxyl groups is 2. The zero-order valence-corrected chi connectivity index (χ0v) is 35.8. The van der Waals surface area contributed by atoms with Crippen molar-refractivity contribution < 1.29 is 28.0 Å². The molecule has 3 atom stereocenters. The fourth-order valence-electron chi connectivity index (χ4n) is 6.60. The van der Waals surface area contributed by atoms with Crippen LogP contribution in [-0.2, 0) is 14.9 Å². The summed E-state index contributed by atoms with van der Waals surface area (Å²) >= 11 is 0. The van der Waals surface area contributed by atoms with Crippen LogP contribution in [0.4, 0.5) is 0 Å². The molecule has 0 aliphatic rings. The van der Waals surface area contributed by atoms with Crippen LogP contribution in [0.5, 0.6) is 0 Å². The van der Waals surface area contributed by atoms with Crippen molar-refractivity contribution in [2.24, 2.45) is 0 Å². The fourth-order valence-corrected chi connectivity index (χ4v) is 7.33. The van der Waals surface area contributed by atoms with Crippen LogP contribution in [-0.4, -0.2) is 53.1 Å². The Morgan fingerprint density at radius 3 is 1.22 bits per heavy atom. The molecule has 0 saturated carbocycles. The van der Waals surface area contributed by atoms with Gasteiger partial charge in [0.05, 0.1) is 17.9 Å². The number of unbranched alkanes of at least 4 members (excludes halogenated alkanes) is 25. The topological polar surface area (TPSA) is 124 Å². The van der Waals surface area contributed by atoms with E-state index in [0.717, 1.165) is 51.4 Å². The van der Waals surface area contributed by atoms with E-state index in [9.17, 15) is 28.0 Å². The second-order valence-corrected chi connectivity index (χ2v) is 16.9. The van der Waals surface area contributed by atoms with Gasteiger partial charge in [0, 0.05) is 0 Å². The Bertz CT molecular complexity index is 1050. The summed E-state index contributed by atoms with van der Waals surface area (Å²) < 4.78 is 32.6. The molecule has 7 nitrogen and oxygen atoms in total. The number of amides is 1. The normalized spacial score (nSPS) is 14.2. The quantitative estimate of drug-likeness (QED) is 0.0279. The number of carbonyl (C=O) groups is 1. The molecule has 8 heteroatoms. The molecule has 4 N–H and O–H groups in total. The van der Waals surface area contributed by atoms with Crippen molar-refractivity contribution >= 4 is 16.0 Å². The maximum Gasteiger partial charge on any atom is 0.267 e. The number of carbonyl (C=O) groups excluding carboxylic acids is 1. The van der Waals surface area contributed by atoms with Gasteiger partial charge in [-0.1, -0.05) is 191 Å². The average Bonchev–Trinajstić information content (AvgIpc) is 3.14. The Kier molecular flexibility index (Phi) is 38.2. The Balaban J connectivity index is 4.04. The molecular formula is C46H85NO6S. The Hall–Kier alpha value is -1.74. The molecule has 0 spiro atoms. The van der Waals surface area contributed by atoms with Gasteiger partial charge in [0.15, 0.2) is 0 Å². The molecule has 0 rings (SSSR count). The first-order chi connectivity index (χ1) is 26.2. The van der Waals surface area contributed by atoms with E-state index >= 15 is 0 Å². The summed E-state index contributed by atoms with van der Waals surface area (Å²) in [6.45, 7) is 4.51. The molecule has 1 amide bonds. The summed E-state index contributed by atoms with van der Waals surface area (Å²) in [5, 5.41) is 23.4. The molecule has 0 radical (unpaired) electrons. The van der Waals surface area contributed by atoms with Crippen molar-refractivity contribution in [1.82, 2.24) is 5.32 Å². The van der Waals surface area contributed by atoms with Crippen LogP contribution in [0.15, 0.2) is 48.6 Å². The van der Waals surface area contributed by atoms with Crippen LogP contribution in [0.25, 0.3) is 0 Å². The second kappa shape index (κ2) is 39.5. The van der Waals surface area contributed by atoms with Gasteiger partial charge < -0.3 is 15.5 Å². The van der Waals surface area contributed by atoms with Crippen LogP contribution in [0.2, 0.25) is 0 Å². The Morgan fingerprint density at radius 1 is 0.500 bits per heavy atom. The summed E-state index contributed by atoms with van der Waals surface area (Å²) in [5.41, 5.74) is 0. The molecular weight excluding hydrogens is 695 g/mol. The molecule has 0 aliphatic heterocycles. The van der Waals surface area contributed by atoms with Gasteiger partial charge in [0.25, 0.3) is 10.1 Å². The van der Waals surface area contributed by atoms with E-state index in [1.165, 1.54) is 134 Å². The Morgan fingerprint density at radius 2 is 0.833 bits per heavy atom. The van der Waals surface area contributed by atoms with E-state index in [1.54, 1.807) is 6.08 Å². The highest BCUT2D eigenvalue weighted by Crippen LogP contribution is 2.14. The third-order valence-electron chi connectivity index (χ3n) is 10.1. The van der Waals surface area contributed by atoms with Crippen molar-refractivity contribution in [3.05, 3.63) is 48.6 Å². The largest absolute Gasteiger partial charge is 0.387 e. The minimum absolute atomic E-state index is 0.263. The smallest absolute Gasteiger partial charge is 0.267 e. The molecule has 0 bridgehead atoms. The highest BCUT2D eigenvalue weighted by Gasteiger charge is 2.27. The van der Waals surface area contributed by atoms with Gasteiger partial charge in [0.1, 0.15) is 6.10 Å². The summed E-state index contributed by atoms with van der Waals surface area (Å²) in [4.78, 5) is 12.6. The third-order valence-corrected chi connectivity index (χ3v) is 10.8. The zero-order chi connectivity index (χ0) is 39.8. The van der Waals surface area contributed by atoms with E-state index < -0.39 is 40.0 Å². The van der Waals surface area contributed by atoms with E-state index in [2.05, 4.69) is 55.6 Å². The summed E-state index contributed by atoms with van der Waals surface area (Å²) in [5.74, 6) is -1.57. The molecule has 0 heterocycles. The van der Waals surface area contributed by atoms with Crippen LogP contribution in [0.3, 0.4) is 0 Å². The van der Waals surface area contributed by atoms with Gasteiger partial charge in [-0.05, 0) is 70.6 Å². The van der Waals surface area contributed by atoms with E-state index in [-0.39, 0.29) is 6.42 Å². The fraction of sp³-hybridized carbons (Fsp3) is 0.804. The van der Waals surface area contributed by atoms with Gasteiger partial charge in [-0.25, -0.2) is 0 Å². The first-order valence-electron chi connectivity index (χ1n) is 22.4. The number of nitrogens with one attached hydrogen (secondary N) is 1. The number of hydrogen-bond acceptors (Lipinski definition) is 5. The summed E-state index contributed by atoms with van der Waals surface area (Å²) in [6, 6.07) is -1.26. The van der Waals surface area contributed by atoms with E-state index in [1.807, 2.05) is 0 Å². The van der Waals surface area contributed by atoms with Gasteiger partial charge in [-0.15, -0.1) is 0 Å². The maximum atomic E-state index is 12.6.